The van der Waals surface area contributed by atoms with Gasteiger partial charge in [0.25, 0.3) is 5.56 Å². The van der Waals surface area contributed by atoms with Crippen LogP contribution in [-0.2, 0) is 4.79 Å². The molecule has 2 unspecified atom stereocenters. The number of rotatable bonds is 4. The molecular formula is C22H29N3O2S. The molecule has 1 saturated heterocycles. The molecule has 28 heavy (non-hydrogen) atoms. The first-order valence-electron chi connectivity index (χ1n) is 10.4. The Hall–Kier alpha value is -1.82. The van der Waals surface area contributed by atoms with E-state index in [-0.39, 0.29) is 17.5 Å². The summed E-state index contributed by atoms with van der Waals surface area (Å²) in [7, 11) is 0. The second kappa shape index (κ2) is 8.27. The number of hydrogen-bond acceptors (Lipinski definition) is 4. The van der Waals surface area contributed by atoms with Gasteiger partial charge in [-0.25, -0.2) is 4.98 Å². The SMILES string of the molecule is CC1CC(C)CN(C(=O)CSc2nc3ccccc3c(=O)n2C2CCCC2)C1. The van der Waals surface area contributed by atoms with Gasteiger partial charge in [0.15, 0.2) is 5.16 Å². The number of hydrogen-bond donors (Lipinski definition) is 0. The van der Waals surface area contributed by atoms with Gasteiger partial charge in [0.1, 0.15) is 0 Å². The first kappa shape index (κ1) is 19.5. The number of nitrogens with zero attached hydrogens (tertiary/aromatic N) is 3. The smallest absolute Gasteiger partial charge is 0.262 e. The van der Waals surface area contributed by atoms with Crippen molar-refractivity contribution < 1.29 is 4.79 Å². The summed E-state index contributed by atoms with van der Waals surface area (Å²) >= 11 is 1.43. The lowest BCUT2D eigenvalue weighted by Crippen LogP contribution is -2.43. The normalized spacial score (nSPS) is 23.4. The molecule has 2 fully saturated rings. The van der Waals surface area contributed by atoms with E-state index in [2.05, 4.69) is 13.8 Å². The van der Waals surface area contributed by atoms with E-state index in [0.717, 1.165) is 44.3 Å². The van der Waals surface area contributed by atoms with Crippen LogP contribution >= 0.6 is 11.8 Å². The Morgan fingerprint density at radius 3 is 2.54 bits per heavy atom. The predicted molar refractivity (Wildman–Crippen MR) is 114 cm³/mol. The molecule has 0 radical (unpaired) electrons. The molecule has 4 rings (SSSR count). The Morgan fingerprint density at radius 2 is 1.82 bits per heavy atom. The fourth-order valence-electron chi connectivity index (χ4n) is 4.80. The maximum atomic E-state index is 13.2. The molecular weight excluding hydrogens is 370 g/mol. The summed E-state index contributed by atoms with van der Waals surface area (Å²) in [5.41, 5.74) is 0.754. The molecule has 2 aliphatic rings. The van der Waals surface area contributed by atoms with Crippen LogP contribution in [0.2, 0.25) is 0 Å². The summed E-state index contributed by atoms with van der Waals surface area (Å²) in [5.74, 6) is 1.60. The molecule has 0 N–H and O–H groups in total. The van der Waals surface area contributed by atoms with Crippen LogP contribution in [0.4, 0.5) is 0 Å². The summed E-state index contributed by atoms with van der Waals surface area (Å²) in [6, 6.07) is 7.74. The van der Waals surface area contributed by atoms with Gasteiger partial charge < -0.3 is 4.90 Å². The molecule has 0 spiro atoms. The van der Waals surface area contributed by atoms with E-state index in [0.29, 0.717) is 28.1 Å². The minimum atomic E-state index is 0.0349. The van der Waals surface area contributed by atoms with E-state index in [1.165, 1.54) is 18.2 Å². The zero-order valence-corrected chi connectivity index (χ0v) is 17.6. The van der Waals surface area contributed by atoms with Crippen LogP contribution in [0.5, 0.6) is 0 Å². The largest absolute Gasteiger partial charge is 0.341 e. The number of fused-ring (bicyclic) bond motifs is 1. The van der Waals surface area contributed by atoms with Gasteiger partial charge in [0.05, 0.1) is 16.7 Å². The monoisotopic (exact) mass is 399 g/mol. The van der Waals surface area contributed by atoms with Crippen molar-refractivity contribution in [2.24, 2.45) is 11.8 Å². The van der Waals surface area contributed by atoms with E-state index in [9.17, 15) is 9.59 Å². The number of amides is 1. The molecule has 1 aliphatic carbocycles. The van der Waals surface area contributed by atoms with Gasteiger partial charge in [-0.05, 0) is 43.2 Å². The van der Waals surface area contributed by atoms with Crippen molar-refractivity contribution in [1.29, 1.82) is 0 Å². The number of benzene rings is 1. The van der Waals surface area contributed by atoms with Gasteiger partial charge >= 0.3 is 0 Å². The zero-order chi connectivity index (χ0) is 19.7. The van der Waals surface area contributed by atoms with Crippen LogP contribution in [0.3, 0.4) is 0 Å². The number of aromatic nitrogens is 2. The summed E-state index contributed by atoms with van der Waals surface area (Å²) in [6.45, 7) is 6.10. The van der Waals surface area contributed by atoms with E-state index < -0.39 is 0 Å². The fourth-order valence-corrected chi connectivity index (χ4v) is 5.77. The van der Waals surface area contributed by atoms with E-state index in [1.54, 1.807) is 0 Å². The Morgan fingerprint density at radius 1 is 1.14 bits per heavy atom. The molecule has 0 bridgehead atoms. The summed E-state index contributed by atoms with van der Waals surface area (Å²) in [4.78, 5) is 32.8. The maximum absolute atomic E-state index is 13.2. The number of carbonyl (C=O) groups is 1. The van der Waals surface area contributed by atoms with Gasteiger partial charge in [0, 0.05) is 19.1 Å². The number of piperidine rings is 1. The van der Waals surface area contributed by atoms with Gasteiger partial charge in [-0.2, -0.15) is 0 Å². The molecule has 1 saturated carbocycles. The van der Waals surface area contributed by atoms with Crippen LogP contribution in [0, 0.1) is 11.8 Å². The van der Waals surface area contributed by atoms with Crippen LogP contribution in [0.15, 0.2) is 34.2 Å². The standard InChI is InChI=1S/C22H29N3O2S/c1-15-11-16(2)13-24(12-15)20(26)14-28-22-23-19-10-6-5-9-18(19)21(27)25(22)17-7-3-4-8-17/h5-6,9-10,15-17H,3-4,7-8,11-14H2,1-2H3. The van der Waals surface area contributed by atoms with E-state index in [1.807, 2.05) is 33.7 Å². The lowest BCUT2D eigenvalue weighted by atomic mass is 9.92. The highest BCUT2D eigenvalue weighted by Crippen LogP contribution is 2.32. The minimum Gasteiger partial charge on any atom is -0.341 e. The molecule has 5 nitrogen and oxygen atoms in total. The maximum Gasteiger partial charge on any atom is 0.262 e. The van der Waals surface area contributed by atoms with Crippen LogP contribution < -0.4 is 5.56 Å². The molecule has 2 atom stereocenters. The Kier molecular flexibility index (Phi) is 5.76. The second-order valence-electron chi connectivity index (χ2n) is 8.56. The van der Waals surface area contributed by atoms with Crippen LogP contribution in [0.1, 0.15) is 52.0 Å². The third-order valence-corrected chi connectivity index (χ3v) is 6.95. The van der Waals surface area contributed by atoms with Crippen LogP contribution in [0.25, 0.3) is 10.9 Å². The summed E-state index contributed by atoms with van der Waals surface area (Å²) < 4.78 is 1.87. The van der Waals surface area contributed by atoms with Gasteiger partial charge in [-0.3, -0.25) is 14.2 Å². The molecule has 1 aromatic carbocycles. The van der Waals surface area contributed by atoms with Crippen molar-refractivity contribution >= 4 is 28.6 Å². The fraction of sp³-hybridized carbons (Fsp3) is 0.591. The number of carbonyl (C=O) groups excluding carboxylic acids is 1. The molecule has 2 heterocycles. The molecule has 6 heteroatoms. The highest BCUT2D eigenvalue weighted by molar-refractivity contribution is 7.99. The number of likely N-dealkylation sites (tertiary alicyclic amines) is 1. The summed E-state index contributed by atoms with van der Waals surface area (Å²) in [5, 5.41) is 1.37. The molecule has 150 valence electrons. The lowest BCUT2D eigenvalue weighted by molar-refractivity contribution is -0.130. The second-order valence-corrected chi connectivity index (χ2v) is 9.50. The Bertz CT molecular complexity index is 910. The average molecular weight is 400 g/mol. The van der Waals surface area contributed by atoms with Crippen LogP contribution in [-0.4, -0.2) is 39.2 Å². The van der Waals surface area contributed by atoms with Gasteiger partial charge in [0.2, 0.25) is 5.91 Å². The van der Waals surface area contributed by atoms with Crippen molar-refractivity contribution in [3.63, 3.8) is 0 Å². The van der Waals surface area contributed by atoms with Gasteiger partial charge in [-0.1, -0.05) is 50.6 Å². The average Bonchev–Trinajstić information content (AvgIpc) is 3.19. The minimum absolute atomic E-state index is 0.0349. The summed E-state index contributed by atoms with van der Waals surface area (Å²) in [6.07, 6.45) is 5.52. The first-order chi connectivity index (χ1) is 13.5. The van der Waals surface area contributed by atoms with Crippen molar-refractivity contribution in [1.82, 2.24) is 14.5 Å². The molecule has 1 aromatic heterocycles. The first-order valence-corrected chi connectivity index (χ1v) is 11.4. The quantitative estimate of drug-likeness (QED) is 0.573. The molecule has 2 aromatic rings. The number of para-hydroxylation sites is 1. The van der Waals surface area contributed by atoms with Gasteiger partial charge in [-0.15, -0.1) is 0 Å². The van der Waals surface area contributed by atoms with Crippen molar-refractivity contribution in [3.05, 3.63) is 34.6 Å². The van der Waals surface area contributed by atoms with E-state index in [4.69, 9.17) is 4.98 Å². The van der Waals surface area contributed by atoms with E-state index >= 15 is 0 Å². The molecule has 1 aliphatic heterocycles. The number of thioether (sulfide) groups is 1. The predicted octanol–water partition coefficient (Wildman–Crippen LogP) is 4.11. The molecule has 1 amide bonds. The van der Waals surface area contributed by atoms with Crippen molar-refractivity contribution in [3.8, 4) is 0 Å². The zero-order valence-electron chi connectivity index (χ0n) is 16.8. The Labute approximate surface area is 170 Å². The van der Waals surface area contributed by atoms with Crippen molar-refractivity contribution in [2.45, 2.75) is 57.1 Å². The highest BCUT2D eigenvalue weighted by atomic mass is 32.2. The Balaban J connectivity index is 1.59. The van der Waals surface area contributed by atoms with Crippen molar-refractivity contribution in [2.75, 3.05) is 18.8 Å². The third-order valence-electron chi connectivity index (χ3n) is 6.01. The topological polar surface area (TPSA) is 55.2 Å². The third kappa shape index (κ3) is 3.97. The highest BCUT2D eigenvalue weighted by Gasteiger charge is 2.27. The lowest BCUT2D eigenvalue weighted by Gasteiger charge is -2.35.